The van der Waals surface area contributed by atoms with Crippen molar-refractivity contribution < 1.29 is 9.53 Å². The van der Waals surface area contributed by atoms with E-state index >= 15 is 0 Å². The number of hydrogen-bond donors (Lipinski definition) is 3. The third-order valence-corrected chi connectivity index (χ3v) is 3.93. The maximum absolute atomic E-state index is 11.3. The van der Waals surface area contributed by atoms with Crippen LogP contribution in [-0.2, 0) is 9.53 Å². The zero-order valence-corrected chi connectivity index (χ0v) is 14.2. The molecule has 0 unspecified atom stereocenters. The van der Waals surface area contributed by atoms with E-state index in [1.165, 1.54) is 13.3 Å². The van der Waals surface area contributed by atoms with Gasteiger partial charge >= 0.3 is 5.97 Å². The Morgan fingerprint density at radius 2 is 2.32 bits per heavy atom. The molecule has 9 heteroatoms. The second-order valence-electron chi connectivity index (χ2n) is 5.36. The fourth-order valence-electron chi connectivity index (χ4n) is 2.53. The Bertz CT molecular complexity index is 932. The number of H-pyrrole nitrogens is 1. The second kappa shape index (κ2) is 6.88. The topological polar surface area (TPSA) is 115 Å². The summed E-state index contributed by atoms with van der Waals surface area (Å²) in [5.41, 5.74) is 8.84. The number of rotatable bonds is 5. The average Bonchev–Trinajstić information content (AvgIpc) is 3.21. The number of esters is 1. The van der Waals surface area contributed by atoms with E-state index in [-0.39, 0.29) is 6.54 Å². The summed E-state index contributed by atoms with van der Waals surface area (Å²) in [6, 6.07) is 5.53. The van der Waals surface area contributed by atoms with E-state index in [0.29, 0.717) is 10.8 Å². The number of aromatic amines is 1. The van der Waals surface area contributed by atoms with Crippen molar-refractivity contribution >= 4 is 34.3 Å². The summed E-state index contributed by atoms with van der Waals surface area (Å²) < 4.78 is 6.33. The van der Waals surface area contributed by atoms with Crippen molar-refractivity contribution in [3.8, 4) is 11.1 Å². The number of halogens is 1. The monoisotopic (exact) mass is 360 g/mol. The van der Waals surface area contributed by atoms with Crippen LogP contribution >= 0.6 is 11.6 Å². The molecule has 0 amide bonds. The molecular formula is C16H17ClN6O2. The van der Waals surface area contributed by atoms with Crippen molar-refractivity contribution in [1.82, 2.24) is 19.8 Å². The summed E-state index contributed by atoms with van der Waals surface area (Å²) in [6.45, 7) is -0.119. The zero-order valence-electron chi connectivity index (χ0n) is 13.4. The highest BCUT2D eigenvalue weighted by Crippen LogP contribution is 2.32. The molecule has 8 nitrogen and oxygen atoms in total. The molecule has 1 aromatic carbocycles. The number of methoxy groups -OCH3 is 1. The molecule has 0 spiro atoms. The largest absolute Gasteiger partial charge is 0.468 e. The minimum Gasteiger partial charge on any atom is -0.468 e. The molecular weight excluding hydrogens is 344 g/mol. The molecule has 0 fully saturated rings. The number of nitrogens with two attached hydrogens (primary N) is 2. The molecule has 0 aliphatic carbocycles. The van der Waals surface area contributed by atoms with E-state index in [0.717, 1.165) is 27.0 Å². The Kier molecular flexibility index (Phi) is 4.64. The average molecular weight is 361 g/mol. The zero-order chi connectivity index (χ0) is 18.0. The number of benzene rings is 1. The fraction of sp³-hybridized carbons (Fsp3) is 0.125. The number of hydrogen-bond acceptors (Lipinski definition) is 6. The van der Waals surface area contributed by atoms with Gasteiger partial charge in [0.15, 0.2) is 0 Å². The number of nitrogens with zero attached hydrogens (tertiary/aromatic N) is 3. The molecule has 0 saturated heterocycles. The molecule has 2 heterocycles. The van der Waals surface area contributed by atoms with Crippen molar-refractivity contribution in [2.24, 2.45) is 11.6 Å². The first-order valence-electron chi connectivity index (χ1n) is 7.35. The highest BCUT2D eigenvalue weighted by Gasteiger charge is 2.14. The minimum absolute atomic E-state index is 0.119. The first-order chi connectivity index (χ1) is 12.0. The van der Waals surface area contributed by atoms with Crippen LogP contribution in [0.1, 0.15) is 0 Å². The highest BCUT2D eigenvalue weighted by atomic mass is 35.5. The maximum atomic E-state index is 11.3. The van der Waals surface area contributed by atoms with E-state index in [4.69, 9.17) is 23.2 Å². The van der Waals surface area contributed by atoms with Gasteiger partial charge in [0.2, 0.25) is 0 Å². The van der Waals surface area contributed by atoms with Crippen LogP contribution in [0.4, 0.5) is 0 Å². The predicted molar refractivity (Wildman–Crippen MR) is 95.9 cm³/mol. The summed E-state index contributed by atoms with van der Waals surface area (Å²) in [7, 11) is 1.29. The molecule has 0 saturated carbocycles. The van der Waals surface area contributed by atoms with Crippen molar-refractivity contribution in [1.29, 1.82) is 0 Å². The van der Waals surface area contributed by atoms with E-state index < -0.39 is 5.97 Å². The molecule has 0 bridgehead atoms. The quantitative estimate of drug-likeness (QED) is 0.362. The van der Waals surface area contributed by atoms with Gasteiger partial charge in [-0.15, -0.1) is 0 Å². The van der Waals surface area contributed by atoms with Gasteiger partial charge in [-0.05, 0) is 12.1 Å². The van der Waals surface area contributed by atoms with Crippen molar-refractivity contribution in [3.05, 3.63) is 48.0 Å². The Hall–Kier alpha value is -2.97. The number of hydrazine groups is 1. The lowest BCUT2D eigenvalue weighted by molar-refractivity contribution is -0.141. The fourth-order valence-corrected chi connectivity index (χ4v) is 2.70. The van der Waals surface area contributed by atoms with E-state index in [2.05, 4.69) is 14.9 Å². The Morgan fingerprint density at radius 3 is 3.00 bits per heavy atom. The van der Waals surface area contributed by atoms with Gasteiger partial charge in [0.1, 0.15) is 12.4 Å². The first kappa shape index (κ1) is 16.9. The van der Waals surface area contributed by atoms with Gasteiger partial charge in [0, 0.05) is 33.9 Å². The summed E-state index contributed by atoms with van der Waals surface area (Å²) in [5, 5.41) is 9.47. The van der Waals surface area contributed by atoms with Gasteiger partial charge in [-0.3, -0.25) is 9.89 Å². The number of nitrogens with one attached hydrogen (secondary N) is 1. The standard InChI is InChI=1S/C16H17ClN6O2/c1-25-16(24)9-22(19)8-15(18)23-7-13(10-5-20-21-6-10)12-3-2-11(17)4-14(12)23/h2-8H,9,18-19H2,1H3,(H,20,21)/b15-8+. The Morgan fingerprint density at radius 1 is 1.52 bits per heavy atom. The van der Waals surface area contributed by atoms with Crippen LogP contribution < -0.4 is 11.6 Å². The van der Waals surface area contributed by atoms with E-state index in [1.54, 1.807) is 17.0 Å². The van der Waals surface area contributed by atoms with Gasteiger partial charge in [-0.1, -0.05) is 17.7 Å². The van der Waals surface area contributed by atoms with Gasteiger partial charge in [-0.2, -0.15) is 5.10 Å². The minimum atomic E-state index is -0.467. The Labute approximate surface area is 148 Å². The van der Waals surface area contributed by atoms with Gasteiger partial charge in [0.05, 0.1) is 25.0 Å². The van der Waals surface area contributed by atoms with E-state index in [1.807, 2.05) is 24.4 Å². The van der Waals surface area contributed by atoms with Crippen LogP contribution in [0.5, 0.6) is 0 Å². The van der Waals surface area contributed by atoms with Gasteiger partial charge in [-0.25, -0.2) is 5.84 Å². The summed E-state index contributed by atoms with van der Waals surface area (Å²) >= 11 is 6.13. The van der Waals surface area contributed by atoms with Crippen molar-refractivity contribution in [2.45, 2.75) is 0 Å². The number of aromatic nitrogens is 3. The molecule has 0 aliphatic rings. The predicted octanol–water partition coefficient (Wildman–Crippen LogP) is 1.75. The molecule has 3 rings (SSSR count). The first-order valence-corrected chi connectivity index (χ1v) is 7.73. The normalized spacial score (nSPS) is 11.7. The number of fused-ring (bicyclic) bond motifs is 1. The highest BCUT2D eigenvalue weighted by molar-refractivity contribution is 6.31. The second-order valence-corrected chi connectivity index (χ2v) is 5.80. The third-order valence-electron chi connectivity index (χ3n) is 3.69. The number of carbonyl (C=O) groups excluding carboxylic acids is 1. The van der Waals surface area contributed by atoms with Gasteiger partial charge < -0.3 is 20.0 Å². The molecule has 130 valence electrons. The SMILES string of the molecule is COC(=O)CN(N)/C=C(\N)n1cc(-c2cn[nH]c2)c2ccc(Cl)cc21. The van der Waals surface area contributed by atoms with Crippen LogP contribution in [0.15, 0.2) is 43.0 Å². The molecule has 0 radical (unpaired) electrons. The molecule has 0 aliphatic heterocycles. The lowest BCUT2D eigenvalue weighted by Crippen LogP contribution is -2.33. The Balaban J connectivity index is 2.06. The maximum Gasteiger partial charge on any atom is 0.326 e. The van der Waals surface area contributed by atoms with Crippen molar-refractivity contribution in [2.75, 3.05) is 13.7 Å². The smallest absolute Gasteiger partial charge is 0.326 e. The van der Waals surface area contributed by atoms with Crippen LogP contribution in [0.3, 0.4) is 0 Å². The van der Waals surface area contributed by atoms with Crippen LogP contribution in [0, 0.1) is 0 Å². The van der Waals surface area contributed by atoms with Crippen LogP contribution in [0.2, 0.25) is 5.02 Å². The summed E-state index contributed by atoms with van der Waals surface area (Å²) in [5.74, 6) is 5.65. The molecule has 2 aromatic heterocycles. The van der Waals surface area contributed by atoms with Crippen LogP contribution in [-0.4, -0.2) is 39.4 Å². The van der Waals surface area contributed by atoms with Gasteiger partial charge in [0.25, 0.3) is 0 Å². The lowest BCUT2D eigenvalue weighted by Gasteiger charge is -2.14. The van der Waals surface area contributed by atoms with Crippen LogP contribution in [0.25, 0.3) is 27.9 Å². The molecule has 25 heavy (non-hydrogen) atoms. The summed E-state index contributed by atoms with van der Waals surface area (Å²) in [6.07, 6.45) is 6.83. The summed E-state index contributed by atoms with van der Waals surface area (Å²) in [4.78, 5) is 11.3. The number of carbonyl (C=O) groups is 1. The van der Waals surface area contributed by atoms with Crippen molar-refractivity contribution in [3.63, 3.8) is 0 Å². The lowest BCUT2D eigenvalue weighted by atomic mass is 10.1. The van der Waals surface area contributed by atoms with E-state index in [9.17, 15) is 4.79 Å². The molecule has 5 N–H and O–H groups in total. The molecule has 0 atom stereocenters. The molecule has 3 aromatic rings. The number of ether oxygens (including phenoxy) is 1. The third kappa shape index (κ3) is 3.44.